The number of quaternary nitrogens is 1. The van der Waals surface area contributed by atoms with Crippen molar-refractivity contribution in [3.05, 3.63) is 0 Å². The smallest absolute Gasteiger partial charge is 0.410 e. The van der Waals surface area contributed by atoms with Gasteiger partial charge in [-0.3, -0.25) is 4.79 Å². The zero-order valence-electron chi connectivity index (χ0n) is 20.3. The second kappa shape index (κ2) is 10.1. The van der Waals surface area contributed by atoms with Gasteiger partial charge in [0.2, 0.25) is 5.91 Å². The number of amides is 2. The molecule has 0 bridgehead atoms. The van der Waals surface area contributed by atoms with Gasteiger partial charge in [-0.25, -0.2) is 4.79 Å². The number of rotatable bonds is 5. The second-order valence-electron chi connectivity index (χ2n) is 11.2. The SMILES string of the molecule is CC(C)C1CCC(OCC2C([NH3+])CCCN2C(=O)C2CN(C(=O)OC(C)(C)C)C2)CC1. The van der Waals surface area contributed by atoms with Crippen molar-refractivity contribution < 1.29 is 24.8 Å². The van der Waals surface area contributed by atoms with Crippen molar-refractivity contribution in [2.24, 2.45) is 17.8 Å². The fourth-order valence-electron chi connectivity index (χ4n) is 5.14. The Labute approximate surface area is 188 Å². The average molecular weight is 439 g/mol. The van der Waals surface area contributed by atoms with Crippen LogP contribution in [0, 0.1) is 17.8 Å². The third-order valence-electron chi connectivity index (χ3n) is 7.25. The van der Waals surface area contributed by atoms with Crippen LogP contribution in [-0.2, 0) is 14.3 Å². The molecule has 0 aromatic heterocycles. The largest absolute Gasteiger partial charge is 0.444 e. The standard InChI is InChI=1S/C24H43N3O4/c1-16(2)17-8-10-19(11-9-17)30-15-21-20(25)7-6-12-27(21)22(28)18-13-26(14-18)23(29)31-24(3,4)5/h16-21H,6-15,25H2,1-5H3/p+1. The van der Waals surface area contributed by atoms with Crippen LogP contribution in [0.15, 0.2) is 0 Å². The van der Waals surface area contributed by atoms with Gasteiger partial charge >= 0.3 is 6.09 Å². The Hall–Kier alpha value is -1.34. The van der Waals surface area contributed by atoms with Crippen LogP contribution in [-0.4, -0.2) is 71.8 Å². The first-order valence-electron chi connectivity index (χ1n) is 12.3. The van der Waals surface area contributed by atoms with Crippen LogP contribution in [0.2, 0.25) is 0 Å². The highest BCUT2D eigenvalue weighted by Gasteiger charge is 2.44. The molecule has 1 aliphatic carbocycles. The molecule has 2 atom stereocenters. The Morgan fingerprint density at radius 2 is 1.71 bits per heavy atom. The van der Waals surface area contributed by atoms with Gasteiger partial charge in [-0.1, -0.05) is 13.8 Å². The first-order chi connectivity index (χ1) is 14.5. The van der Waals surface area contributed by atoms with Crippen LogP contribution in [0.25, 0.3) is 0 Å². The van der Waals surface area contributed by atoms with Crippen molar-refractivity contribution in [2.75, 3.05) is 26.2 Å². The molecule has 1 saturated carbocycles. The molecule has 3 rings (SSSR count). The first kappa shape index (κ1) is 24.3. The predicted octanol–water partition coefficient (Wildman–Crippen LogP) is 2.69. The van der Waals surface area contributed by atoms with Crippen LogP contribution in [0.4, 0.5) is 4.79 Å². The van der Waals surface area contributed by atoms with Crippen LogP contribution >= 0.6 is 0 Å². The maximum atomic E-state index is 13.2. The topological polar surface area (TPSA) is 86.7 Å². The van der Waals surface area contributed by atoms with Crippen LogP contribution < -0.4 is 5.73 Å². The van der Waals surface area contributed by atoms with Gasteiger partial charge in [0.15, 0.2) is 0 Å². The van der Waals surface area contributed by atoms with Crippen LogP contribution in [0.5, 0.6) is 0 Å². The maximum absolute atomic E-state index is 13.2. The van der Waals surface area contributed by atoms with Crippen molar-refractivity contribution in [2.45, 2.75) is 96.9 Å². The molecule has 0 radical (unpaired) electrons. The molecular weight excluding hydrogens is 394 g/mol. The molecule has 3 fully saturated rings. The number of ether oxygens (including phenoxy) is 2. The molecule has 2 amide bonds. The van der Waals surface area contributed by atoms with E-state index in [9.17, 15) is 9.59 Å². The quantitative estimate of drug-likeness (QED) is 0.715. The summed E-state index contributed by atoms with van der Waals surface area (Å²) in [7, 11) is 0. The lowest BCUT2D eigenvalue weighted by Gasteiger charge is -2.45. The molecule has 2 aliphatic heterocycles. The summed E-state index contributed by atoms with van der Waals surface area (Å²) in [6.45, 7) is 12.4. The van der Waals surface area contributed by atoms with Gasteiger partial charge in [-0.15, -0.1) is 0 Å². The summed E-state index contributed by atoms with van der Waals surface area (Å²) < 4.78 is 11.7. The number of nitrogens with zero attached hydrogens (tertiary/aromatic N) is 2. The molecule has 31 heavy (non-hydrogen) atoms. The predicted molar refractivity (Wildman–Crippen MR) is 119 cm³/mol. The summed E-state index contributed by atoms with van der Waals surface area (Å²) >= 11 is 0. The zero-order valence-corrected chi connectivity index (χ0v) is 20.3. The molecule has 2 unspecified atom stereocenters. The van der Waals surface area contributed by atoms with Gasteiger partial charge in [-0.2, -0.15) is 0 Å². The third kappa shape index (κ3) is 6.35. The molecule has 2 saturated heterocycles. The Bertz CT molecular complexity index is 619. The van der Waals surface area contributed by atoms with E-state index in [0.717, 1.165) is 44.1 Å². The highest BCUT2D eigenvalue weighted by Crippen LogP contribution is 2.32. The van der Waals surface area contributed by atoms with Crippen molar-refractivity contribution in [3.63, 3.8) is 0 Å². The number of carbonyl (C=O) groups is 2. The lowest BCUT2D eigenvalue weighted by atomic mass is 9.80. The number of piperidine rings is 1. The number of likely N-dealkylation sites (tertiary alicyclic amines) is 2. The summed E-state index contributed by atoms with van der Waals surface area (Å²) in [4.78, 5) is 29.0. The maximum Gasteiger partial charge on any atom is 0.410 e. The summed E-state index contributed by atoms with van der Waals surface area (Å²) in [6, 6.07) is 0.242. The lowest BCUT2D eigenvalue weighted by molar-refractivity contribution is -0.438. The van der Waals surface area contributed by atoms with E-state index in [4.69, 9.17) is 9.47 Å². The van der Waals surface area contributed by atoms with E-state index >= 15 is 0 Å². The van der Waals surface area contributed by atoms with Crippen molar-refractivity contribution in [1.29, 1.82) is 0 Å². The van der Waals surface area contributed by atoms with E-state index in [-0.39, 0.29) is 30.0 Å². The fraction of sp³-hybridized carbons (Fsp3) is 0.917. The fourth-order valence-corrected chi connectivity index (χ4v) is 5.14. The molecule has 3 N–H and O–H groups in total. The van der Waals surface area contributed by atoms with Gasteiger partial charge in [0.1, 0.15) is 17.7 Å². The molecule has 178 valence electrons. The van der Waals surface area contributed by atoms with Crippen molar-refractivity contribution >= 4 is 12.0 Å². The summed E-state index contributed by atoms with van der Waals surface area (Å²) in [5, 5.41) is 0. The molecule has 2 heterocycles. The van der Waals surface area contributed by atoms with Crippen LogP contribution in [0.1, 0.15) is 73.1 Å². The van der Waals surface area contributed by atoms with Gasteiger partial charge in [0.25, 0.3) is 0 Å². The Balaban J connectivity index is 1.49. The second-order valence-corrected chi connectivity index (χ2v) is 11.2. The van der Waals surface area contributed by atoms with E-state index in [1.165, 1.54) is 12.8 Å². The van der Waals surface area contributed by atoms with Crippen LogP contribution in [0.3, 0.4) is 0 Å². The van der Waals surface area contributed by atoms with E-state index in [1.807, 2.05) is 25.7 Å². The molecule has 7 heteroatoms. The number of hydrogen-bond acceptors (Lipinski definition) is 4. The minimum absolute atomic E-state index is 0.0413. The third-order valence-corrected chi connectivity index (χ3v) is 7.25. The Kier molecular flexibility index (Phi) is 7.90. The Morgan fingerprint density at radius 1 is 1.06 bits per heavy atom. The van der Waals surface area contributed by atoms with Crippen molar-refractivity contribution in [1.82, 2.24) is 9.80 Å². The normalized spacial score (nSPS) is 30.3. The minimum atomic E-state index is -0.517. The molecule has 0 aromatic rings. The van der Waals surface area contributed by atoms with Gasteiger partial charge in [0.05, 0.1) is 18.6 Å². The highest BCUT2D eigenvalue weighted by molar-refractivity contribution is 5.83. The van der Waals surface area contributed by atoms with Gasteiger partial charge in [0, 0.05) is 26.1 Å². The van der Waals surface area contributed by atoms with E-state index in [1.54, 1.807) is 4.90 Å². The van der Waals surface area contributed by atoms with Crippen molar-refractivity contribution in [3.8, 4) is 0 Å². The van der Waals surface area contributed by atoms with Gasteiger partial charge in [-0.05, 0) is 64.7 Å². The molecule has 0 aromatic carbocycles. The Morgan fingerprint density at radius 3 is 2.29 bits per heavy atom. The molecule has 7 nitrogen and oxygen atoms in total. The minimum Gasteiger partial charge on any atom is -0.444 e. The first-order valence-corrected chi connectivity index (χ1v) is 12.3. The molecule has 3 aliphatic rings. The molecule has 0 spiro atoms. The van der Waals surface area contributed by atoms with E-state index in [2.05, 4.69) is 19.6 Å². The van der Waals surface area contributed by atoms with Gasteiger partial charge < -0.3 is 25.0 Å². The van der Waals surface area contributed by atoms with E-state index < -0.39 is 5.60 Å². The lowest BCUT2D eigenvalue weighted by Crippen LogP contribution is -2.74. The zero-order chi connectivity index (χ0) is 22.8. The summed E-state index contributed by atoms with van der Waals surface area (Å²) in [6.07, 6.45) is 6.73. The van der Waals surface area contributed by atoms with E-state index in [0.29, 0.717) is 25.8 Å². The summed E-state index contributed by atoms with van der Waals surface area (Å²) in [5.74, 6) is 1.58. The monoisotopic (exact) mass is 438 g/mol. The number of carbonyl (C=O) groups excluding carboxylic acids is 2. The highest BCUT2D eigenvalue weighted by atomic mass is 16.6. The summed E-state index contributed by atoms with van der Waals surface area (Å²) in [5.41, 5.74) is 3.82. The molecular formula is C24H44N3O4+. The average Bonchev–Trinajstić information content (AvgIpc) is 2.64. The number of hydrogen-bond donors (Lipinski definition) is 1.